The summed E-state index contributed by atoms with van der Waals surface area (Å²) in [5, 5.41) is 4.62. The van der Waals surface area contributed by atoms with Gasteiger partial charge in [0.05, 0.1) is 12.2 Å². The van der Waals surface area contributed by atoms with Crippen molar-refractivity contribution in [2.75, 3.05) is 0 Å². The number of imidazole rings is 1. The molecule has 1 aromatic carbocycles. The first-order valence-electron chi connectivity index (χ1n) is 7.30. The number of H-pyrrole nitrogens is 1. The molecule has 0 aliphatic heterocycles. The summed E-state index contributed by atoms with van der Waals surface area (Å²) in [6, 6.07) is 8.57. The molecule has 2 heterocycles. The minimum atomic E-state index is 0.760. The van der Waals surface area contributed by atoms with E-state index < -0.39 is 0 Å². The molecule has 0 saturated heterocycles. The van der Waals surface area contributed by atoms with E-state index in [0.717, 1.165) is 41.0 Å². The van der Waals surface area contributed by atoms with Crippen LogP contribution in [0.3, 0.4) is 0 Å². The summed E-state index contributed by atoms with van der Waals surface area (Å²) < 4.78 is 4.82. The lowest BCUT2D eigenvalue weighted by molar-refractivity contribution is 0.703. The monoisotopic (exact) mass is 300 g/mol. The Balaban J connectivity index is 2.08. The van der Waals surface area contributed by atoms with Gasteiger partial charge in [0, 0.05) is 7.05 Å². The zero-order valence-corrected chi connectivity index (χ0v) is 13.5. The lowest BCUT2D eigenvalue weighted by Crippen LogP contribution is -2.04. The van der Waals surface area contributed by atoms with Crippen molar-refractivity contribution in [1.82, 2.24) is 19.3 Å². The van der Waals surface area contributed by atoms with Gasteiger partial charge in [-0.25, -0.2) is 0 Å². The normalized spacial score (nSPS) is 11.4. The number of nitrogens with one attached hydrogen (secondary N) is 1. The largest absolute Gasteiger partial charge is 0.328 e. The van der Waals surface area contributed by atoms with E-state index >= 15 is 0 Å². The summed E-state index contributed by atoms with van der Waals surface area (Å²) in [5.41, 5.74) is 5.77. The van der Waals surface area contributed by atoms with Gasteiger partial charge in [0.1, 0.15) is 5.52 Å². The van der Waals surface area contributed by atoms with Crippen LogP contribution in [0.1, 0.15) is 30.2 Å². The third-order valence-corrected chi connectivity index (χ3v) is 4.09. The number of aryl methyl sites for hydroxylation is 3. The first-order chi connectivity index (χ1) is 10.1. The van der Waals surface area contributed by atoms with Crippen LogP contribution >= 0.6 is 12.2 Å². The highest BCUT2D eigenvalue weighted by Gasteiger charge is 2.14. The molecule has 0 saturated carbocycles. The third-order valence-electron chi connectivity index (χ3n) is 3.77. The van der Waals surface area contributed by atoms with Crippen molar-refractivity contribution in [1.29, 1.82) is 0 Å². The van der Waals surface area contributed by atoms with Crippen LogP contribution < -0.4 is 0 Å². The quantitative estimate of drug-likeness (QED) is 0.745. The van der Waals surface area contributed by atoms with Gasteiger partial charge in [-0.3, -0.25) is 9.25 Å². The molecule has 0 spiro atoms. The van der Waals surface area contributed by atoms with Gasteiger partial charge in [0.2, 0.25) is 0 Å². The minimum absolute atomic E-state index is 0.760. The van der Waals surface area contributed by atoms with Gasteiger partial charge in [0.15, 0.2) is 10.4 Å². The van der Waals surface area contributed by atoms with E-state index in [1.807, 2.05) is 11.7 Å². The highest BCUT2D eigenvalue weighted by molar-refractivity contribution is 7.71. The molecule has 0 unspecified atom stereocenters. The summed E-state index contributed by atoms with van der Waals surface area (Å²) in [5.74, 6) is 0. The van der Waals surface area contributed by atoms with Gasteiger partial charge in [-0.15, -0.1) is 0 Å². The number of fused-ring (bicyclic) bond motifs is 1. The Bertz CT molecular complexity index is 820. The van der Waals surface area contributed by atoms with E-state index in [1.165, 1.54) is 11.1 Å². The van der Waals surface area contributed by atoms with Crippen molar-refractivity contribution in [3.63, 3.8) is 0 Å². The van der Waals surface area contributed by atoms with Crippen LogP contribution in [0.15, 0.2) is 24.3 Å². The lowest BCUT2D eigenvalue weighted by atomic mass is 10.1. The molecular formula is C16H20N4S. The molecule has 0 aliphatic rings. The summed E-state index contributed by atoms with van der Waals surface area (Å²) in [6.45, 7) is 5.03. The van der Waals surface area contributed by atoms with Crippen molar-refractivity contribution in [3.05, 3.63) is 45.9 Å². The zero-order chi connectivity index (χ0) is 15.0. The van der Waals surface area contributed by atoms with Crippen LogP contribution in [0, 0.1) is 11.7 Å². The molecule has 0 amide bonds. The van der Waals surface area contributed by atoms with E-state index in [1.54, 1.807) is 0 Å². The van der Waals surface area contributed by atoms with Crippen molar-refractivity contribution in [2.45, 2.75) is 33.2 Å². The van der Waals surface area contributed by atoms with Crippen LogP contribution in [-0.2, 0) is 20.0 Å². The van der Waals surface area contributed by atoms with Crippen molar-refractivity contribution in [2.24, 2.45) is 7.05 Å². The molecule has 21 heavy (non-hydrogen) atoms. The topological polar surface area (TPSA) is 38.5 Å². The van der Waals surface area contributed by atoms with E-state index in [-0.39, 0.29) is 0 Å². The second-order valence-electron chi connectivity index (χ2n) is 5.52. The number of rotatable bonds is 4. The van der Waals surface area contributed by atoms with Crippen molar-refractivity contribution >= 4 is 23.4 Å². The van der Waals surface area contributed by atoms with Crippen LogP contribution in [-0.4, -0.2) is 19.3 Å². The summed E-state index contributed by atoms with van der Waals surface area (Å²) in [4.78, 5) is 3.33. The van der Waals surface area contributed by atoms with Gasteiger partial charge in [-0.05, 0) is 31.1 Å². The van der Waals surface area contributed by atoms with Crippen molar-refractivity contribution < 1.29 is 0 Å². The molecule has 0 aliphatic carbocycles. The molecule has 0 atom stereocenters. The molecule has 1 N–H and O–H groups in total. The standard InChI is InChI=1S/C16H20N4S/c1-4-5-13-14-15(19(3)18-13)20(16(21)17-14)10-12-8-6-11(2)7-9-12/h6-9H,4-5,10H2,1-3H3,(H,17,21). The number of aromatic amines is 1. The van der Waals surface area contributed by atoms with E-state index in [2.05, 4.69) is 52.8 Å². The summed E-state index contributed by atoms with van der Waals surface area (Å²) >= 11 is 5.50. The van der Waals surface area contributed by atoms with Crippen LogP contribution in [0.4, 0.5) is 0 Å². The fourth-order valence-electron chi connectivity index (χ4n) is 2.71. The molecule has 3 rings (SSSR count). The van der Waals surface area contributed by atoms with Crippen molar-refractivity contribution in [3.8, 4) is 0 Å². The average Bonchev–Trinajstić information content (AvgIpc) is 2.92. The fraction of sp³-hybridized carbons (Fsp3) is 0.375. The highest BCUT2D eigenvalue weighted by Crippen LogP contribution is 2.20. The predicted molar refractivity (Wildman–Crippen MR) is 88.2 cm³/mol. The first kappa shape index (κ1) is 14.1. The van der Waals surface area contributed by atoms with E-state index in [9.17, 15) is 0 Å². The fourth-order valence-corrected chi connectivity index (χ4v) is 2.97. The van der Waals surface area contributed by atoms with Crippen LogP contribution in [0.2, 0.25) is 0 Å². The highest BCUT2D eigenvalue weighted by atomic mass is 32.1. The molecule has 0 radical (unpaired) electrons. The number of hydrogen-bond donors (Lipinski definition) is 1. The van der Waals surface area contributed by atoms with Gasteiger partial charge in [-0.1, -0.05) is 43.2 Å². The Kier molecular flexibility index (Phi) is 3.68. The molecule has 0 fully saturated rings. The smallest absolute Gasteiger partial charge is 0.179 e. The third kappa shape index (κ3) is 2.53. The number of nitrogens with zero attached hydrogens (tertiary/aromatic N) is 3. The Morgan fingerprint density at radius 1 is 1.24 bits per heavy atom. The number of aromatic nitrogens is 4. The predicted octanol–water partition coefficient (Wildman–Crippen LogP) is 3.74. The Morgan fingerprint density at radius 2 is 1.95 bits per heavy atom. The number of hydrogen-bond acceptors (Lipinski definition) is 2. The molecule has 2 aromatic heterocycles. The molecule has 4 nitrogen and oxygen atoms in total. The summed E-state index contributed by atoms with van der Waals surface area (Å²) in [7, 11) is 1.98. The van der Waals surface area contributed by atoms with Gasteiger partial charge >= 0.3 is 0 Å². The van der Waals surface area contributed by atoms with Crippen LogP contribution in [0.25, 0.3) is 11.2 Å². The van der Waals surface area contributed by atoms with E-state index in [4.69, 9.17) is 12.2 Å². The molecule has 5 heteroatoms. The van der Waals surface area contributed by atoms with E-state index in [0.29, 0.717) is 0 Å². The minimum Gasteiger partial charge on any atom is -0.328 e. The second kappa shape index (κ2) is 5.48. The zero-order valence-electron chi connectivity index (χ0n) is 12.7. The van der Waals surface area contributed by atoms with Gasteiger partial charge in [-0.2, -0.15) is 5.10 Å². The Morgan fingerprint density at radius 3 is 2.62 bits per heavy atom. The number of benzene rings is 1. The van der Waals surface area contributed by atoms with Gasteiger partial charge in [0.25, 0.3) is 0 Å². The Labute approximate surface area is 129 Å². The second-order valence-corrected chi connectivity index (χ2v) is 5.91. The molecule has 3 aromatic rings. The lowest BCUT2D eigenvalue weighted by Gasteiger charge is -2.05. The first-order valence-corrected chi connectivity index (χ1v) is 7.71. The maximum atomic E-state index is 5.50. The molecule has 110 valence electrons. The molecular weight excluding hydrogens is 280 g/mol. The summed E-state index contributed by atoms with van der Waals surface area (Å²) in [6.07, 6.45) is 2.05. The van der Waals surface area contributed by atoms with Gasteiger partial charge < -0.3 is 4.98 Å². The maximum absolute atomic E-state index is 5.50. The Hall–Kier alpha value is -1.88. The van der Waals surface area contributed by atoms with Crippen LogP contribution in [0.5, 0.6) is 0 Å². The average molecular weight is 300 g/mol. The SMILES string of the molecule is CCCc1nn(C)c2c1[nH]c(=S)n2Cc1ccc(C)cc1. The maximum Gasteiger partial charge on any atom is 0.179 e. The molecule has 0 bridgehead atoms.